The third kappa shape index (κ3) is 2.39. The van der Waals surface area contributed by atoms with Crippen LogP contribution in [0.25, 0.3) is 10.8 Å². The van der Waals surface area contributed by atoms with Crippen molar-refractivity contribution in [3.05, 3.63) is 41.4 Å². The van der Waals surface area contributed by atoms with E-state index in [2.05, 4.69) is 4.74 Å². The third-order valence-corrected chi connectivity index (χ3v) is 2.23. The van der Waals surface area contributed by atoms with Crippen LogP contribution < -0.4 is 4.74 Å². The first-order valence-corrected chi connectivity index (χ1v) is 4.77. The average Bonchev–Trinajstić information content (AvgIpc) is 2.14. The zero-order valence-electron chi connectivity index (χ0n) is 7.88. The maximum absolute atomic E-state index is 12.1. The average molecular weight is 247 g/mol. The summed E-state index contributed by atoms with van der Waals surface area (Å²) in [6.45, 7) is 0. The maximum atomic E-state index is 12.1. The summed E-state index contributed by atoms with van der Waals surface area (Å²) >= 11 is 5.71. The van der Waals surface area contributed by atoms with Crippen molar-refractivity contribution in [2.24, 2.45) is 0 Å². The van der Waals surface area contributed by atoms with Crippen molar-refractivity contribution >= 4 is 22.4 Å². The van der Waals surface area contributed by atoms with Gasteiger partial charge in [-0.25, -0.2) is 0 Å². The fraction of sp³-hybridized carbons (Fsp3) is 0.0909. The van der Waals surface area contributed by atoms with Crippen molar-refractivity contribution in [3.63, 3.8) is 0 Å². The molecule has 0 amide bonds. The lowest BCUT2D eigenvalue weighted by Gasteiger charge is -2.11. The van der Waals surface area contributed by atoms with E-state index >= 15 is 0 Å². The smallest absolute Gasteiger partial charge is 0.405 e. The Balaban J connectivity index is 2.59. The minimum absolute atomic E-state index is 0.206. The van der Waals surface area contributed by atoms with Gasteiger partial charge in [0, 0.05) is 10.4 Å². The van der Waals surface area contributed by atoms with E-state index in [1.165, 1.54) is 0 Å². The Hall–Kier alpha value is -1.42. The molecule has 0 unspecified atom stereocenters. The minimum atomic E-state index is -4.71. The van der Waals surface area contributed by atoms with Gasteiger partial charge in [0.2, 0.25) is 0 Å². The second kappa shape index (κ2) is 3.87. The third-order valence-electron chi connectivity index (χ3n) is 2.01. The van der Waals surface area contributed by atoms with Gasteiger partial charge in [0.15, 0.2) is 0 Å². The van der Waals surface area contributed by atoms with Gasteiger partial charge in [-0.05, 0) is 17.5 Å². The van der Waals surface area contributed by atoms with Gasteiger partial charge < -0.3 is 4.74 Å². The highest BCUT2D eigenvalue weighted by Gasteiger charge is 2.31. The maximum Gasteiger partial charge on any atom is 0.573 e. The first-order valence-electron chi connectivity index (χ1n) is 4.40. The van der Waals surface area contributed by atoms with Crippen molar-refractivity contribution in [2.45, 2.75) is 6.36 Å². The van der Waals surface area contributed by atoms with Gasteiger partial charge in [-0.3, -0.25) is 0 Å². The van der Waals surface area contributed by atoms with E-state index < -0.39 is 6.36 Å². The summed E-state index contributed by atoms with van der Waals surface area (Å²) in [7, 11) is 0. The topological polar surface area (TPSA) is 9.23 Å². The molecule has 0 saturated carbocycles. The lowest BCUT2D eigenvalue weighted by Crippen LogP contribution is -2.17. The molecule has 2 aromatic carbocycles. The summed E-state index contributed by atoms with van der Waals surface area (Å²) in [6.07, 6.45) is -4.71. The minimum Gasteiger partial charge on any atom is -0.405 e. The first kappa shape index (κ1) is 11.1. The van der Waals surface area contributed by atoms with Gasteiger partial charge in [-0.1, -0.05) is 35.9 Å². The van der Waals surface area contributed by atoms with Crippen molar-refractivity contribution in [3.8, 4) is 5.75 Å². The first-order chi connectivity index (χ1) is 7.46. The zero-order chi connectivity index (χ0) is 11.8. The van der Waals surface area contributed by atoms with E-state index in [0.29, 0.717) is 10.8 Å². The molecule has 0 aliphatic rings. The summed E-state index contributed by atoms with van der Waals surface area (Å²) in [5.41, 5.74) is 0. The van der Waals surface area contributed by atoms with Crippen LogP contribution in [0, 0.1) is 0 Å². The molecule has 2 aromatic rings. The van der Waals surface area contributed by atoms with E-state index in [1.807, 2.05) is 0 Å². The van der Waals surface area contributed by atoms with Crippen LogP contribution in [0.2, 0.25) is 5.02 Å². The van der Waals surface area contributed by atoms with Gasteiger partial charge >= 0.3 is 6.36 Å². The number of fused-ring (bicyclic) bond motifs is 1. The van der Waals surface area contributed by atoms with Gasteiger partial charge in [-0.15, -0.1) is 13.2 Å². The van der Waals surface area contributed by atoms with E-state index in [-0.39, 0.29) is 10.8 Å². The standard InChI is InChI=1S/C11H6ClF3O/c12-8-5-7-3-1-2-4-9(7)10(6-8)16-11(13,14)15/h1-6H. The molecule has 84 valence electrons. The molecule has 2 rings (SSSR count). The van der Waals surface area contributed by atoms with E-state index in [1.54, 1.807) is 30.3 Å². The molecule has 0 bridgehead atoms. The Morgan fingerprint density at radius 1 is 1.06 bits per heavy atom. The van der Waals surface area contributed by atoms with Crippen LogP contribution in [0.5, 0.6) is 5.75 Å². The van der Waals surface area contributed by atoms with Gasteiger partial charge in [-0.2, -0.15) is 0 Å². The molecule has 0 N–H and O–H groups in total. The van der Waals surface area contributed by atoms with Crippen LogP contribution in [0.15, 0.2) is 36.4 Å². The van der Waals surface area contributed by atoms with Crippen LogP contribution >= 0.6 is 11.6 Å². The highest BCUT2D eigenvalue weighted by atomic mass is 35.5. The van der Waals surface area contributed by atoms with Crippen LogP contribution in [-0.4, -0.2) is 6.36 Å². The number of benzene rings is 2. The molecule has 5 heteroatoms. The van der Waals surface area contributed by atoms with Crippen molar-refractivity contribution in [1.82, 2.24) is 0 Å². The summed E-state index contributed by atoms with van der Waals surface area (Å²) in [4.78, 5) is 0. The Kier molecular flexibility index (Phi) is 2.68. The van der Waals surface area contributed by atoms with Gasteiger partial charge in [0.25, 0.3) is 0 Å². The van der Waals surface area contributed by atoms with Crippen molar-refractivity contribution < 1.29 is 17.9 Å². The fourth-order valence-corrected chi connectivity index (χ4v) is 1.67. The molecule has 0 radical (unpaired) electrons. The number of hydrogen-bond donors (Lipinski definition) is 0. The molecule has 0 aliphatic carbocycles. The molecule has 0 fully saturated rings. The SMILES string of the molecule is FC(F)(F)Oc1cc(Cl)cc2ccccc12. The predicted octanol–water partition coefficient (Wildman–Crippen LogP) is 4.39. The summed E-state index contributed by atoms with van der Waals surface area (Å²) in [5, 5.41) is 1.19. The number of alkyl halides is 3. The number of halogens is 4. The van der Waals surface area contributed by atoms with E-state index in [9.17, 15) is 13.2 Å². The van der Waals surface area contributed by atoms with Gasteiger partial charge in [0.1, 0.15) is 5.75 Å². The Bertz CT molecular complexity index is 522. The molecule has 0 saturated heterocycles. The molecular weight excluding hydrogens is 241 g/mol. The summed E-state index contributed by atoms with van der Waals surface area (Å²) in [6, 6.07) is 9.31. The largest absolute Gasteiger partial charge is 0.573 e. The summed E-state index contributed by atoms with van der Waals surface area (Å²) < 4.78 is 40.3. The fourth-order valence-electron chi connectivity index (χ4n) is 1.45. The highest BCUT2D eigenvalue weighted by molar-refractivity contribution is 6.31. The lowest BCUT2D eigenvalue weighted by atomic mass is 10.1. The molecule has 16 heavy (non-hydrogen) atoms. The summed E-state index contributed by atoms with van der Waals surface area (Å²) in [5.74, 6) is -0.282. The second-order valence-corrected chi connectivity index (χ2v) is 3.61. The number of hydrogen-bond acceptors (Lipinski definition) is 1. The van der Waals surface area contributed by atoms with Crippen LogP contribution in [-0.2, 0) is 0 Å². The second-order valence-electron chi connectivity index (χ2n) is 3.17. The number of ether oxygens (including phenoxy) is 1. The quantitative estimate of drug-likeness (QED) is 0.725. The zero-order valence-corrected chi connectivity index (χ0v) is 8.64. The van der Waals surface area contributed by atoms with E-state index in [0.717, 1.165) is 6.07 Å². The van der Waals surface area contributed by atoms with Crippen LogP contribution in [0.4, 0.5) is 13.2 Å². The molecular formula is C11H6ClF3O. The monoisotopic (exact) mass is 246 g/mol. The Morgan fingerprint density at radius 2 is 1.75 bits per heavy atom. The molecule has 0 spiro atoms. The number of rotatable bonds is 1. The molecule has 0 atom stereocenters. The van der Waals surface area contributed by atoms with Crippen molar-refractivity contribution in [2.75, 3.05) is 0 Å². The van der Waals surface area contributed by atoms with Gasteiger partial charge in [0.05, 0.1) is 0 Å². The van der Waals surface area contributed by atoms with Crippen LogP contribution in [0.3, 0.4) is 0 Å². The molecule has 1 nitrogen and oxygen atoms in total. The van der Waals surface area contributed by atoms with Crippen molar-refractivity contribution in [1.29, 1.82) is 0 Å². The molecule has 0 aromatic heterocycles. The molecule has 0 aliphatic heterocycles. The van der Waals surface area contributed by atoms with E-state index in [4.69, 9.17) is 11.6 Å². The highest BCUT2D eigenvalue weighted by Crippen LogP contribution is 2.33. The predicted molar refractivity (Wildman–Crippen MR) is 55.6 cm³/mol. The normalized spacial score (nSPS) is 11.8. The Labute approximate surface area is 94.4 Å². The molecule has 0 heterocycles. The lowest BCUT2D eigenvalue weighted by molar-refractivity contribution is -0.274. The van der Waals surface area contributed by atoms with Crippen LogP contribution in [0.1, 0.15) is 0 Å². The Morgan fingerprint density at radius 3 is 2.44 bits per heavy atom.